The molecule has 2 aromatic heterocycles. The fourth-order valence-corrected chi connectivity index (χ4v) is 4.23. The van der Waals surface area contributed by atoms with Crippen molar-refractivity contribution in [2.24, 2.45) is 0 Å². The molecule has 1 aliphatic heterocycles. The van der Waals surface area contributed by atoms with Crippen LogP contribution in [0.1, 0.15) is 30.2 Å². The molecule has 0 saturated carbocycles. The Labute approximate surface area is 183 Å². The van der Waals surface area contributed by atoms with Crippen LogP contribution in [0.4, 0.5) is 10.2 Å². The fourth-order valence-electron chi connectivity index (χ4n) is 4.23. The van der Waals surface area contributed by atoms with Crippen LogP contribution in [0.3, 0.4) is 0 Å². The van der Waals surface area contributed by atoms with Gasteiger partial charge in [0.1, 0.15) is 11.6 Å². The van der Waals surface area contributed by atoms with E-state index in [1.165, 1.54) is 23.3 Å². The number of hydrogen-bond acceptors (Lipinski definition) is 5. The summed E-state index contributed by atoms with van der Waals surface area (Å²) in [6.45, 7) is 10.9. The third-order valence-corrected chi connectivity index (χ3v) is 5.94. The largest absolute Gasteiger partial charge is 0.472 e. The highest BCUT2D eigenvalue weighted by atomic mass is 19.1. The zero-order chi connectivity index (χ0) is 21.8. The van der Waals surface area contributed by atoms with Crippen molar-refractivity contribution < 1.29 is 8.81 Å². The van der Waals surface area contributed by atoms with Crippen molar-refractivity contribution in [2.45, 2.75) is 33.4 Å². The fraction of sp³-hybridized carbons (Fsp3) is 0.458. The number of aryl methyl sites for hydroxylation is 1. The Balaban J connectivity index is 1.70. The van der Waals surface area contributed by atoms with Gasteiger partial charge >= 0.3 is 0 Å². The van der Waals surface area contributed by atoms with E-state index in [4.69, 9.17) is 9.52 Å². The van der Waals surface area contributed by atoms with Crippen molar-refractivity contribution in [3.63, 3.8) is 0 Å². The van der Waals surface area contributed by atoms with Crippen LogP contribution in [0.5, 0.6) is 0 Å². The summed E-state index contributed by atoms with van der Waals surface area (Å²) in [6, 6.07) is 8.64. The lowest BCUT2D eigenvalue weighted by Gasteiger charge is -2.35. The number of piperazine rings is 1. The van der Waals surface area contributed by atoms with Crippen molar-refractivity contribution in [2.75, 3.05) is 44.7 Å². The van der Waals surface area contributed by atoms with E-state index < -0.39 is 0 Å². The predicted octanol–water partition coefficient (Wildman–Crippen LogP) is 4.08. The van der Waals surface area contributed by atoms with Gasteiger partial charge in [0.05, 0.1) is 23.9 Å². The molecule has 0 aliphatic carbocycles. The third kappa shape index (κ3) is 4.99. The SMILES string of the molecule is CCCN(Cc1ccoc1)Cc1c(C)nn(-c2ccc(F)cc2)c1N1CCN(C)CC1. The first-order chi connectivity index (χ1) is 15.0. The summed E-state index contributed by atoms with van der Waals surface area (Å²) in [5.41, 5.74) is 4.33. The van der Waals surface area contributed by atoms with Gasteiger partial charge in [0.15, 0.2) is 0 Å². The van der Waals surface area contributed by atoms with E-state index in [2.05, 4.69) is 35.6 Å². The highest BCUT2D eigenvalue weighted by Gasteiger charge is 2.26. The molecular weight excluding hydrogens is 393 g/mol. The molecule has 0 spiro atoms. The molecule has 1 aromatic carbocycles. The quantitative estimate of drug-likeness (QED) is 0.544. The second kappa shape index (κ2) is 9.66. The Morgan fingerprint density at radius 3 is 2.45 bits per heavy atom. The smallest absolute Gasteiger partial charge is 0.137 e. The third-order valence-electron chi connectivity index (χ3n) is 5.94. The number of nitrogens with zero attached hydrogens (tertiary/aromatic N) is 5. The first kappa shape index (κ1) is 21.6. The molecule has 3 heterocycles. The molecule has 1 saturated heterocycles. The zero-order valence-electron chi connectivity index (χ0n) is 18.7. The average molecular weight is 426 g/mol. The van der Waals surface area contributed by atoms with Gasteiger partial charge in [-0.2, -0.15) is 5.10 Å². The van der Waals surface area contributed by atoms with Crippen molar-refractivity contribution in [3.8, 4) is 5.69 Å². The lowest BCUT2D eigenvalue weighted by molar-refractivity contribution is 0.255. The molecule has 0 atom stereocenters. The van der Waals surface area contributed by atoms with Gasteiger partial charge in [0, 0.05) is 50.4 Å². The summed E-state index contributed by atoms with van der Waals surface area (Å²) in [7, 11) is 2.16. The molecule has 0 bridgehead atoms. The van der Waals surface area contributed by atoms with Gasteiger partial charge in [-0.3, -0.25) is 4.90 Å². The minimum Gasteiger partial charge on any atom is -0.472 e. The van der Waals surface area contributed by atoms with E-state index in [1.54, 1.807) is 18.4 Å². The first-order valence-corrected chi connectivity index (χ1v) is 11.1. The molecule has 4 rings (SSSR count). The van der Waals surface area contributed by atoms with Crippen molar-refractivity contribution in [1.82, 2.24) is 19.6 Å². The highest BCUT2D eigenvalue weighted by Crippen LogP contribution is 2.30. The number of halogens is 1. The summed E-state index contributed by atoms with van der Waals surface area (Å²) < 4.78 is 20.8. The molecule has 31 heavy (non-hydrogen) atoms. The van der Waals surface area contributed by atoms with Crippen molar-refractivity contribution >= 4 is 5.82 Å². The number of hydrogen-bond donors (Lipinski definition) is 0. The number of rotatable bonds is 8. The van der Waals surface area contributed by atoms with Crippen LogP contribution in [0.2, 0.25) is 0 Å². The molecule has 0 unspecified atom stereocenters. The number of likely N-dealkylation sites (N-methyl/N-ethyl adjacent to an activating group) is 1. The van der Waals surface area contributed by atoms with Gasteiger partial charge in [-0.25, -0.2) is 9.07 Å². The predicted molar refractivity (Wildman–Crippen MR) is 121 cm³/mol. The maximum Gasteiger partial charge on any atom is 0.137 e. The summed E-state index contributed by atoms with van der Waals surface area (Å²) in [4.78, 5) is 7.23. The monoisotopic (exact) mass is 425 g/mol. The number of furan rings is 1. The molecule has 0 amide bonds. The van der Waals surface area contributed by atoms with Crippen LogP contribution >= 0.6 is 0 Å². The van der Waals surface area contributed by atoms with E-state index in [1.807, 2.05) is 17.0 Å². The topological polar surface area (TPSA) is 40.7 Å². The second-order valence-corrected chi connectivity index (χ2v) is 8.41. The average Bonchev–Trinajstić information content (AvgIpc) is 3.38. The van der Waals surface area contributed by atoms with Crippen molar-refractivity contribution in [1.29, 1.82) is 0 Å². The number of anilines is 1. The lowest BCUT2D eigenvalue weighted by Crippen LogP contribution is -2.45. The zero-order valence-corrected chi connectivity index (χ0v) is 18.7. The van der Waals surface area contributed by atoms with Gasteiger partial charge in [-0.15, -0.1) is 0 Å². The van der Waals surface area contributed by atoms with Crippen LogP contribution in [0.25, 0.3) is 5.69 Å². The van der Waals surface area contributed by atoms with E-state index in [0.29, 0.717) is 0 Å². The van der Waals surface area contributed by atoms with Crippen LogP contribution in [0, 0.1) is 12.7 Å². The molecule has 1 fully saturated rings. The normalized spacial score (nSPS) is 15.2. The second-order valence-electron chi connectivity index (χ2n) is 8.41. The molecule has 1 aliphatic rings. The van der Waals surface area contributed by atoms with Gasteiger partial charge in [0.2, 0.25) is 0 Å². The highest BCUT2D eigenvalue weighted by molar-refractivity contribution is 5.55. The van der Waals surface area contributed by atoms with Crippen LogP contribution in [0.15, 0.2) is 47.3 Å². The van der Waals surface area contributed by atoms with Crippen LogP contribution < -0.4 is 4.90 Å². The summed E-state index contributed by atoms with van der Waals surface area (Å²) >= 11 is 0. The van der Waals surface area contributed by atoms with E-state index >= 15 is 0 Å². The number of aromatic nitrogens is 2. The van der Waals surface area contributed by atoms with E-state index in [-0.39, 0.29) is 5.82 Å². The summed E-state index contributed by atoms with van der Waals surface area (Å²) in [5, 5.41) is 4.91. The Kier molecular flexibility index (Phi) is 6.73. The van der Waals surface area contributed by atoms with Gasteiger partial charge in [-0.1, -0.05) is 6.92 Å². The molecule has 7 heteroatoms. The van der Waals surface area contributed by atoms with Gasteiger partial charge < -0.3 is 14.2 Å². The molecule has 3 aromatic rings. The van der Waals surface area contributed by atoms with Crippen LogP contribution in [-0.4, -0.2) is 59.4 Å². The Morgan fingerprint density at radius 2 is 1.81 bits per heavy atom. The van der Waals surface area contributed by atoms with E-state index in [0.717, 1.165) is 69.4 Å². The van der Waals surface area contributed by atoms with Gasteiger partial charge in [0.25, 0.3) is 0 Å². The maximum absolute atomic E-state index is 13.6. The molecule has 0 N–H and O–H groups in total. The summed E-state index contributed by atoms with van der Waals surface area (Å²) in [5.74, 6) is 0.897. The van der Waals surface area contributed by atoms with Crippen molar-refractivity contribution in [3.05, 3.63) is 65.5 Å². The molecule has 0 radical (unpaired) electrons. The van der Waals surface area contributed by atoms with Gasteiger partial charge in [-0.05, 0) is 57.3 Å². The minimum atomic E-state index is -0.233. The standard InChI is InChI=1S/C24H32FN5O/c1-4-10-28(16-20-9-15-31-18-20)17-23-19(2)26-30(22-7-5-21(25)6-8-22)24(23)29-13-11-27(3)12-14-29/h5-9,15,18H,4,10-14,16-17H2,1-3H3. The maximum atomic E-state index is 13.6. The molecule has 6 nitrogen and oxygen atoms in total. The Morgan fingerprint density at radius 1 is 1.06 bits per heavy atom. The Hall–Kier alpha value is -2.64. The minimum absolute atomic E-state index is 0.233. The number of benzene rings is 1. The lowest BCUT2D eigenvalue weighted by atomic mass is 10.1. The van der Waals surface area contributed by atoms with Crippen LogP contribution in [-0.2, 0) is 13.1 Å². The Bertz CT molecular complexity index is 959. The molecular formula is C24H32FN5O. The first-order valence-electron chi connectivity index (χ1n) is 11.1. The summed E-state index contributed by atoms with van der Waals surface area (Å²) in [6.07, 6.45) is 4.62. The van der Waals surface area contributed by atoms with E-state index in [9.17, 15) is 4.39 Å². The molecule has 166 valence electrons.